The summed E-state index contributed by atoms with van der Waals surface area (Å²) in [6.45, 7) is 0. The van der Waals surface area contributed by atoms with Crippen molar-refractivity contribution in [3.8, 4) is 6.07 Å². The number of rotatable bonds is 2. The summed E-state index contributed by atoms with van der Waals surface area (Å²) in [4.78, 5) is 0. The number of hydrogen-bond acceptors (Lipinski definition) is 1. The summed E-state index contributed by atoms with van der Waals surface area (Å²) in [6.07, 6.45) is 0.432. The summed E-state index contributed by atoms with van der Waals surface area (Å²) in [5.74, 6) is 0. The molecular formula is C10H7F2N. The molecule has 1 aromatic rings. The van der Waals surface area contributed by atoms with E-state index in [-0.39, 0.29) is 5.56 Å². The van der Waals surface area contributed by atoms with Crippen LogP contribution in [0.25, 0.3) is 6.08 Å². The lowest BCUT2D eigenvalue weighted by molar-refractivity contribution is 0.151. The van der Waals surface area contributed by atoms with E-state index in [0.717, 1.165) is 5.56 Å². The molecular weight excluding hydrogens is 172 g/mol. The largest absolute Gasteiger partial charge is 0.263 e. The fourth-order valence-corrected chi connectivity index (χ4v) is 0.886. The summed E-state index contributed by atoms with van der Waals surface area (Å²) in [6, 6.07) is 7.62. The molecule has 0 aliphatic carbocycles. The van der Waals surface area contributed by atoms with Crippen LogP contribution in [0.1, 0.15) is 17.6 Å². The quantitative estimate of drug-likeness (QED) is 0.639. The molecule has 0 aromatic heterocycles. The van der Waals surface area contributed by atoms with Crippen molar-refractivity contribution < 1.29 is 8.78 Å². The van der Waals surface area contributed by atoms with Crippen molar-refractivity contribution in [1.29, 1.82) is 5.26 Å². The molecule has 3 heteroatoms. The zero-order valence-corrected chi connectivity index (χ0v) is 6.74. The van der Waals surface area contributed by atoms with E-state index in [1.54, 1.807) is 18.2 Å². The second-order valence-corrected chi connectivity index (χ2v) is 2.43. The van der Waals surface area contributed by atoms with Crippen molar-refractivity contribution in [1.82, 2.24) is 0 Å². The lowest BCUT2D eigenvalue weighted by Crippen LogP contribution is -1.82. The Kier molecular flexibility index (Phi) is 3.15. The fraction of sp³-hybridized carbons (Fsp3) is 0.100. The number of alkyl halides is 2. The minimum Gasteiger partial charge on any atom is -0.205 e. The van der Waals surface area contributed by atoms with Crippen LogP contribution in [0, 0.1) is 11.3 Å². The first-order valence-corrected chi connectivity index (χ1v) is 3.68. The summed E-state index contributed by atoms with van der Waals surface area (Å²) in [7, 11) is 0. The van der Waals surface area contributed by atoms with Crippen LogP contribution in [0.15, 0.2) is 30.3 Å². The molecule has 0 bridgehead atoms. The molecule has 0 saturated carbocycles. The van der Waals surface area contributed by atoms with Gasteiger partial charge >= 0.3 is 0 Å². The Bertz CT molecular complexity index is 333. The molecule has 66 valence electrons. The third-order valence-corrected chi connectivity index (χ3v) is 1.54. The number of hydrogen-bond donors (Lipinski definition) is 0. The second-order valence-electron chi connectivity index (χ2n) is 2.43. The predicted molar refractivity (Wildman–Crippen MR) is 46.0 cm³/mol. The molecule has 13 heavy (non-hydrogen) atoms. The van der Waals surface area contributed by atoms with Crippen LogP contribution in [0.5, 0.6) is 0 Å². The highest BCUT2D eigenvalue weighted by Crippen LogP contribution is 2.18. The van der Waals surface area contributed by atoms with Crippen LogP contribution in [-0.4, -0.2) is 0 Å². The van der Waals surface area contributed by atoms with Gasteiger partial charge in [-0.25, -0.2) is 8.78 Å². The van der Waals surface area contributed by atoms with Gasteiger partial charge in [-0.15, -0.1) is 0 Å². The molecule has 0 aliphatic heterocycles. The molecule has 0 atom stereocenters. The van der Waals surface area contributed by atoms with Crippen LogP contribution in [0.4, 0.5) is 8.78 Å². The number of nitrogens with zero attached hydrogens (tertiary/aromatic N) is 1. The highest BCUT2D eigenvalue weighted by Gasteiger charge is 2.04. The Morgan fingerprint density at radius 1 is 1.23 bits per heavy atom. The summed E-state index contributed by atoms with van der Waals surface area (Å²) in [5.41, 5.74) is 0.736. The van der Waals surface area contributed by atoms with Crippen molar-refractivity contribution in [2.45, 2.75) is 6.43 Å². The monoisotopic (exact) mass is 179 g/mol. The number of nitriles is 1. The Hall–Kier alpha value is -1.69. The van der Waals surface area contributed by atoms with Gasteiger partial charge in [0.05, 0.1) is 6.07 Å². The van der Waals surface area contributed by atoms with Crippen molar-refractivity contribution in [2.75, 3.05) is 0 Å². The normalized spacial score (nSPS) is 10.6. The van der Waals surface area contributed by atoms with Crippen molar-refractivity contribution in [2.24, 2.45) is 0 Å². The van der Waals surface area contributed by atoms with Gasteiger partial charge in [0.2, 0.25) is 0 Å². The molecule has 1 nitrogen and oxygen atoms in total. The average Bonchev–Trinajstić information content (AvgIpc) is 2.15. The maximum Gasteiger partial charge on any atom is 0.263 e. The van der Waals surface area contributed by atoms with E-state index in [1.165, 1.54) is 18.2 Å². The molecule has 0 amide bonds. The third-order valence-electron chi connectivity index (χ3n) is 1.54. The number of halogens is 2. The van der Waals surface area contributed by atoms with E-state index in [1.807, 2.05) is 6.07 Å². The van der Waals surface area contributed by atoms with Gasteiger partial charge in [0.15, 0.2) is 0 Å². The maximum absolute atomic E-state index is 12.1. The number of allylic oxidation sites excluding steroid dienone is 1. The van der Waals surface area contributed by atoms with Crippen molar-refractivity contribution >= 4 is 6.08 Å². The van der Waals surface area contributed by atoms with Gasteiger partial charge in [-0.2, -0.15) is 5.26 Å². The standard InChI is InChI=1S/C10H7F2N/c11-10(12)9-5-3-8(4-6-9)2-1-7-13/h1-6,10H/b2-1+. The highest BCUT2D eigenvalue weighted by atomic mass is 19.3. The topological polar surface area (TPSA) is 23.8 Å². The first-order chi connectivity index (χ1) is 6.24. The molecule has 0 spiro atoms. The van der Waals surface area contributed by atoms with E-state index < -0.39 is 6.43 Å². The predicted octanol–water partition coefficient (Wildman–Crippen LogP) is 3.16. The Morgan fingerprint density at radius 3 is 2.31 bits per heavy atom. The maximum atomic E-state index is 12.1. The highest BCUT2D eigenvalue weighted by molar-refractivity contribution is 5.52. The van der Waals surface area contributed by atoms with Gasteiger partial charge in [0.1, 0.15) is 0 Å². The molecule has 1 aromatic carbocycles. The molecule has 0 radical (unpaired) electrons. The molecule has 0 fully saturated rings. The van der Waals surface area contributed by atoms with Gasteiger partial charge in [-0.1, -0.05) is 24.3 Å². The van der Waals surface area contributed by atoms with Crippen LogP contribution in [0.2, 0.25) is 0 Å². The first kappa shape index (κ1) is 9.40. The Morgan fingerprint density at radius 2 is 1.85 bits per heavy atom. The van der Waals surface area contributed by atoms with Gasteiger partial charge in [0, 0.05) is 11.6 Å². The minimum absolute atomic E-state index is 0.00546. The lowest BCUT2D eigenvalue weighted by atomic mass is 10.1. The third kappa shape index (κ3) is 2.68. The summed E-state index contributed by atoms with van der Waals surface area (Å²) >= 11 is 0. The molecule has 0 saturated heterocycles. The van der Waals surface area contributed by atoms with Crippen LogP contribution < -0.4 is 0 Å². The molecule has 0 N–H and O–H groups in total. The average molecular weight is 179 g/mol. The summed E-state index contributed by atoms with van der Waals surface area (Å²) < 4.78 is 24.2. The molecule has 1 rings (SSSR count). The van der Waals surface area contributed by atoms with E-state index in [2.05, 4.69) is 0 Å². The van der Waals surface area contributed by atoms with E-state index in [4.69, 9.17) is 5.26 Å². The van der Waals surface area contributed by atoms with Gasteiger partial charge in [0.25, 0.3) is 6.43 Å². The molecule has 0 heterocycles. The van der Waals surface area contributed by atoms with Gasteiger partial charge in [-0.05, 0) is 11.6 Å². The SMILES string of the molecule is N#C/C=C/c1ccc(C(F)F)cc1. The van der Waals surface area contributed by atoms with E-state index in [0.29, 0.717) is 0 Å². The van der Waals surface area contributed by atoms with Crippen LogP contribution in [-0.2, 0) is 0 Å². The first-order valence-electron chi connectivity index (χ1n) is 3.68. The van der Waals surface area contributed by atoms with Gasteiger partial charge in [-0.3, -0.25) is 0 Å². The minimum atomic E-state index is -2.44. The van der Waals surface area contributed by atoms with Gasteiger partial charge < -0.3 is 0 Å². The zero-order chi connectivity index (χ0) is 9.68. The lowest BCUT2D eigenvalue weighted by Gasteiger charge is -1.98. The smallest absolute Gasteiger partial charge is 0.205 e. The zero-order valence-electron chi connectivity index (χ0n) is 6.74. The van der Waals surface area contributed by atoms with Crippen molar-refractivity contribution in [3.63, 3.8) is 0 Å². The van der Waals surface area contributed by atoms with E-state index >= 15 is 0 Å². The van der Waals surface area contributed by atoms with Crippen LogP contribution >= 0.6 is 0 Å². The van der Waals surface area contributed by atoms with Crippen molar-refractivity contribution in [3.05, 3.63) is 41.5 Å². The van der Waals surface area contributed by atoms with E-state index in [9.17, 15) is 8.78 Å². The second kappa shape index (κ2) is 4.36. The fourth-order valence-electron chi connectivity index (χ4n) is 0.886. The summed E-state index contributed by atoms with van der Waals surface area (Å²) in [5, 5.41) is 8.21. The Balaban J connectivity index is 2.83. The van der Waals surface area contributed by atoms with Crippen LogP contribution in [0.3, 0.4) is 0 Å². The Labute approximate surface area is 74.9 Å². The molecule has 0 unspecified atom stereocenters. The number of benzene rings is 1. The molecule has 0 aliphatic rings.